The molecular formula is C15H24N2O. The van der Waals surface area contributed by atoms with Gasteiger partial charge in [0, 0.05) is 5.69 Å². The van der Waals surface area contributed by atoms with Gasteiger partial charge in [0.1, 0.15) is 0 Å². The van der Waals surface area contributed by atoms with Gasteiger partial charge in [-0.15, -0.1) is 0 Å². The maximum atomic E-state index is 11.9. The molecule has 1 aromatic carbocycles. The summed E-state index contributed by atoms with van der Waals surface area (Å²) in [7, 11) is 0. The second kappa shape index (κ2) is 5.11. The van der Waals surface area contributed by atoms with Crippen LogP contribution in [0.2, 0.25) is 0 Å². The van der Waals surface area contributed by atoms with E-state index in [0.717, 1.165) is 5.69 Å². The van der Waals surface area contributed by atoms with Crippen LogP contribution in [0, 0.1) is 0 Å². The Balaban J connectivity index is 2.79. The number of rotatable bonds is 3. The van der Waals surface area contributed by atoms with Gasteiger partial charge in [-0.1, -0.05) is 39.8 Å². The van der Waals surface area contributed by atoms with Crippen molar-refractivity contribution in [1.82, 2.24) is 0 Å². The Morgan fingerprint density at radius 1 is 1.17 bits per heavy atom. The Kier molecular flexibility index (Phi) is 4.17. The standard InChI is InChI=1S/C15H24N2O/c1-6-15(5,16)13(18)17-12-9-7-11(8-10-12)14(2,3)4/h7-10H,6,16H2,1-5H3,(H,17,18). The van der Waals surface area contributed by atoms with Crippen LogP contribution in [0.15, 0.2) is 24.3 Å². The summed E-state index contributed by atoms with van der Waals surface area (Å²) in [6, 6.07) is 7.92. The van der Waals surface area contributed by atoms with Gasteiger partial charge < -0.3 is 11.1 Å². The molecule has 0 saturated heterocycles. The first-order valence-electron chi connectivity index (χ1n) is 6.37. The molecule has 0 aliphatic carbocycles. The van der Waals surface area contributed by atoms with Crippen molar-refractivity contribution in [3.63, 3.8) is 0 Å². The Bertz CT molecular complexity index is 413. The summed E-state index contributed by atoms with van der Waals surface area (Å²) in [5.74, 6) is -0.145. The summed E-state index contributed by atoms with van der Waals surface area (Å²) < 4.78 is 0. The molecule has 0 bridgehead atoms. The van der Waals surface area contributed by atoms with Crippen LogP contribution in [0.5, 0.6) is 0 Å². The molecular weight excluding hydrogens is 224 g/mol. The van der Waals surface area contributed by atoms with Gasteiger partial charge in [-0.2, -0.15) is 0 Å². The van der Waals surface area contributed by atoms with E-state index >= 15 is 0 Å². The van der Waals surface area contributed by atoms with E-state index in [1.807, 2.05) is 31.2 Å². The zero-order chi connectivity index (χ0) is 14.0. The molecule has 0 saturated carbocycles. The Morgan fingerprint density at radius 3 is 2.06 bits per heavy atom. The van der Waals surface area contributed by atoms with Crippen molar-refractivity contribution in [2.24, 2.45) is 5.73 Å². The van der Waals surface area contributed by atoms with Crippen molar-refractivity contribution < 1.29 is 4.79 Å². The summed E-state index contributed by atoms with van der Waals surface area (Å²) in [6.45, 7) is 10.1. The average Bonchev–Trinajstić information content (AvgIpc) is 2.28. The molecule has 1 unspecified atom stereocenters. The van der Waals surface area contributed by atoms with Crippen LogP contribution in [-0.2, 0) is 10.2 Å². The highest BCUT2D eigenvalue weighted by Crippen LogP contribution is 2.23. The van der Waals surface area contributed by atoms with Crippen LogP contribution < -0.4 is 11.1 Å². The number of hydrogen-bond donors (Lipinski definition) is 2. The van der Waals surface area contributed by atoms with E-state index in [-0.39, 0.29) is 11.3 Å². The van der Waals surface area contributed by atoms with Gasteiger partial charge in [0.2, 0.25) is 5.91 Å². The van der Waals surface area contributed by atoms with E-state index in [0.29, 0.717) is 6.42 Å². The van der Waals surface area contributed by atoms with Crippen LogP contribution in [0.3, 0.4) is 0 Å². The molecule has 0 fully saturated rings. The normalized spacial score (nSPS) is 15.0. The van der Waals surface area contributed by atoms with Crippen molar-refractivity contribution in [1.29, 1.82) is 0 Å². The van der Waals surface area contributed by atoms with E-state index in [1.54, 1.807) is 6.92 Å². The number of hydrogen-bond acceptors (Lipinski definition) is 2. The van der Waals surface area contributed by atoms with Gasteiger partial charge in [0.15, 0.2) is 0 Å². The second-order valence-corrected chi connectivity index (χ2v) is 6.05. The summed E-state index contributed by atoms with van der Waals surface area (Å²) in [5.41, 5.74) is 7.23. The molecule has 3 nitrogen and oxygen atoms in total. The van der Waals surface area contributed by atoms with Gasteiger partial charge in [0.25, 0.3) is 0 Å². The molecule has 0 heterocycles. The summed E-state index contributed by atoms with van der Waals surface area (Å²) in [4.78, 5) is 11.9. The van der Waals surface area contributed by atoms with Gasteiger partial charge in [-0.3, -0.25) is 4.79 Å². The van der Waals surface area contributed by atoms with E-state index in [4.69, 9.17) is 5.73 Å². The minimum atomic E-state index is -0.817. The Labute approximate surface area is 110 Å². The number of nitrogens with one attached hydrogen (secondary N) is 1. The predicted molar refractivity (Wildman–Crippen MR) is 76.7 cm³/mol. The highest BCUT2D eigenvalue weighted by molar-refractivity contribution is 5.97. The summed E-state index contributed by atoms with van der Waals surface area (Å²) >= 11 is 0. The maximum Gasteiger partial charge on any atom is 0.244 e. The molecule has 0 aliphatic rings. The fraction of sp³-hybridized carbons (Fsp3) is 0.533. The van der Waals surface area contributed by atoms with E-state index in [9.17, 15) is 4.79 Å². The fourth-order valence-corrected chi connectivity index (χ4v) is 1.49. The zero-order valence-electron chi connectivity index (χ0n) is 12.0. The first-order chi connectivity index (χ1) is 8.16. The molecule has 3 heteroatoms. The van der Waals surface area contributed by atoms with Gasteiger partial charge in [-0.25, -0.2) is 0 Å². The average molecular weight is 248 g/mol. The second-order valence-electron chi connectivity index (χ2n) is 6.05. The van der Waals surface area contributed by atoms with Gasteiger partial charge >= 0.3 is 0 Å². The summed E-state index contributed by atoms with van der Waals surface area (Å²) in [6.07, 6.45) is 0.610. The molecule has 18 heavy (non-hydrogen) atoms. The number of anilines is 1. The lowest BCUT2D eigenvalue weighted by atomic mass is 9.87. The third kappa shape index (κ3) is 3.57. The Morgan fingerprint density at radius 2 is 1.67 bits per heavy atom. The quantitative estimate of drug-likeness (QED) is 0.863. The van der Waals surface area contributed by atoms with E-state index in [2.05, 4.69) is 26.1 Å². The van der Waals surface area contributed by atoms with Crippen LogP contribution in [0.25, 0.3) is 0 Å². The van der Waals surface area contributed by atoms with Gasteiger partial charge in [0.05, 0.1) is 5.54 Å². The molecule has 0 aromatic heterocycles. The molecule has 1 atom stereocenters. The molecule has 100 valence electrons. The lowest BCUT2D eigenvalue weighted by Gasteiger charge is -2.22. The highest BCUT2D eigenvalue weighted by atomic mass is 16.2. The third-order valence-electron chi connectivity index (χ3n) is 3.26. The van der Waals surface area contributed by atoms with Crippen molar-refractivity contribution in [3.05, 3.63) is 29.8 Å². The molecule has 0 aliphatic heterocycles. The predicted octanol–water partition coefficient (Wildman–Crippen LogP) is 3.05. The summed E-state index contributed by atoms with van der Waals surface area (Å²) in [5, 5.41) is 2.85. The number of amides is 1. The minimum Gasteiger partial charge on any atom is -0.325 e. The number of carbonyl (C=O) groups excluding carboxylic acids is 1. The first-order valence-corrected chi connectivity index (χ1v) is 6.37. The molecule has 1 amide bonds. The number of benzene rings is 1. The minimum absolute atomic E-state index is 0.119. The van der Waals surface area contributed by atoms with Crippen LogP contribution in [0.1, 0.15) is 46.6 Å². The lowest BCUT2D eigenvalue weighted by molar-refractivity contribution is -0.120. The Hall–Kier alpha value is -1.35. The van der Waals surface area contributed by atoms with Gasteiger partial charge in [-0.05, 0) is 36.5 Å². The topological polar surface area (TPSA) is 55.1 Å². The highest BCUT2D eigenvalue weighted by Gasteiger charge is 2.25. The first kappa shape index (κ1) is 14.7. The molecule has 1 rings (SSSR count). The zero-order valence-corrected chi connectivity index (χ0v) is 12.0. The molecule has 3 N–H and O–H groups in total. The molecule has 0 radical (unpaired) electrons. The lowest BCUT2D eigenvalue weighted by Crippen LogP contribution is -2.47. The van der Waals surface area contributed by atoms with Crippen molar-refractivity contribution >= 4 is 11.6 Å². The maximum absolute atomic E-state index is 11.9. The fourth-order valence-electron chi connectivity index (χ4n) is 1.49. The van der Waals surface area contributed by atoms with Crippen LogP contribution in [0.4, 0.5) is 5.69 Å². The number of nitrogens with two attached hydrogens (primary N) is 1. The van der Waals surface area contributed by atoms with E-state index < -0.39 is 5.54 Å². The molecule has 1 aromatic rings. The van der Waals surface area contributed by atoms with Crippen LogP contribution >= 0.6 is 0 Å². The van der Waals surface area contributed by atoms with Crippen LogP contribution in [-0.4, -0.2) is 11.4 Å². The van der Waals surface area contributed by atoms with Crippen molar-refractivity contribution in [2.45, 2.75) is 52.0 Å². The number of carbonyl (C=O) groups is 1. The molecule has 0 spiro atoms. The van der Waals surface area contributed by atoms with Crippen molar-refractivity contribution in [3.8, 4) is 0 Å². The largest absolute Gasteiger partial charge is 0.325 e. The smallest absolute Gasteiger partial charge is 0.244 e. The monoisotopic (exact) mass is 248 g/mol. The van der Waals surface area contributed by atoms with E-state index in [1.165, 1.54) is 5.56 Å². The third-order valence-corrected chi connectivity index (χ3v) is 3.26. The SMILES string of the molecule is CCC(C)(N)C(=O)Nc1ccc(C(C)(C)C)cc1. The van der Waals surface area contributed by atoms with Crippen molar-refractivity contribution in [2.75, 3.05) is 5.32 Å².